The van der Waals surface area contributed by atoms with Crippen molar-refractivity contribution in [3.63, 3.8) is 0 Å². The Morgan fingerprint density at radius 3 is 2.54 bits per heavy atom. The highest BCUT2D eigenvalue weighted by molar-refractivity contribution is 5.67. The summed E-state index contributed by atoms with van der Waals surface area (Å²) in [6.07, 6.45) is 6.68. The number of alkyl carbamates (subject to hydrolysis) is 1. The number of hydrogen-bond donors (Lipinski definition) is 1. The van der Waals surface area contributed by atoms with Gasteiger partial charge < -0.3 is 10.1 Å². The van der Waals surface area contributed by atoms with Crippen molar-refractivity contribution in [3.05, 3.63) is 12.7 Å². The molecule has 13 heavy (non-hydrogen) atoms. The molecule has 0 aromatic heterocycles. The number of nitrogens with one attached hydrogen (secondary N) is 1. The second-order valence-corrected chi connectivity index (χ2v) is 3.47. The second-order valence-electron chi connectivity index (χ2n) is 3.47. The first-order chi connectivity index (χ1) is 6.22. The Balaban J connectivity index is 2.57. The van der Waals surface area contributed by atoms with Crippen molar-refractivity contribution < 1.29 is 9.53 Å². The van der Waals surface area contributed by atoms with Crippen LogP contribution >= 0.6 is 0 Å². The fourth-order valence-corrected chi connectivity index (χ4v) is 1.73. The highest BCUT2D eigenvalue weighted by atomic mass is 16.6. The molecule has 0 spiro atoms. The van der Waals surface area contributed by atoms with Crippen molar-refractivity contribution in [2.24, 2.45) is 0 Å². The monoisotopic (exact) mass is 183 g/mol. The zero-order valence-corrected chi connectivity index (χ0v) is 8.14. The molecule has 1 aliphatic carbocycles. The van der Waals surface area contributed by atoms with Crippen molar-refractivity contribution in [3.8, 4) is 0 Å². The number of rotatable bonds is 2. The van der Waals surface area contributed by atoms with Gasteiger partial charge in [0.1, 0.15) is 5.60 Å². The predicted molar refractivity (Wildman–Crippen MR) is 51.6 cm³/mol. The molecule has 0 saturated heterocycles. The van der Waals surface area contributed by atoms with E-state index in [4.69, 9.17) is 4.74 Å². The molecule has 0 radical (unpaired) electrons. The van der Waals surface area contributed by atoms with Gasteiger partial charge in [-0.15, -0.1) is 0 Å². The normalized spacial score (nSPS) is 20.4. The lowest BCUT2D eigenvalue weighted by molar-refractivity contribution is 0.0216. The van der Waals surface area contributed by atoms with Crippen LogP contribution in [0, 0.1) is 0 Å². The van der Waals surface area contributed by atoms with Crippen molar-refractivity contribution in [1.29, 1.82) is 0 Å². The molecule has 0 bridgehead atoms. The first kappa shape index (κ1) is 10.1. The van der Waals surface area contributed by atoms with Crippen LogP contribution in [0.5, 0.6) is 0 Å². The molecule has 1 rings (SSSR count). The average molecular weight is 183 g/mol. The molecule has 1 N–H and O–H groups in total. The smallest absolute Gasteiger partial charge is 0.407 e. The molecule has 0 aromatic carbocycles. The molecule has 74 valence electrons. The Morgan fingerprint density at radius 2 is 2.08 bits per heavy atom. The molecular weight excluding hydrogens is 166 g/mol. The Kier molecular flexibility index (Phi) is 3.34. The third-order valence-electron chi connectivity index (χ3n) is 2.57. The predicted octanol–water partition coefficient (Wildman–Crippen LogP) is 2.23. The van der Waals surface area contributed by atoms with Gasteiger partial charge >= 0.3 is 6.09 Å². The van der Waals surface area contributed by atoms with Crippen LogP contribution in [0.3, 0.4) is 0 Å². The topological polar surface area (TPSA) is 38.3 Å². The molecule has 0 aromatic rings. The molecule has 1 amide bonds. The lowest BCUT2D eigenvalue weighted by Crippen LogP contribution is -2.38. The summed E-state index contributed by atoms with van der Waals surface area (Å²) in [5.41, 5.74) is -0.404. The maximum atomic E-state index is 11.1. The zero-order chi connectivity index (χ0) is 9.73. The Hall–Kier alpha value is -0.990. The number of ether oxygens (including phenoxy) is 1. The van der Waals surface area contributed by atoms with Crippen molar-refractivity contribution in [1.82, 2.24) is 5.32 Å². The Bertz CT molecular complexity index is 195. The van der Waals surface area contributed by atoms with Gasteiger partial charge in [-0.05, 0) is 31.8 Å². The standard InChI is InChI=1S/C10H17NO2/c1-3-10(13-9(12)11-2)7-5-4-6-8-10/h3H,1,4-8H2,2H3,(H,11,12). The highest BCUT2D eigenvalue weighted by Gasteiger charge is 2.32. The Labute approximate surface area is 79.2 Å². The van der Waals surface area contributed by atoms with E-state index in [9.17, 15) is 4.79 Å². The third kappa shape index (κ3) is 2.47. The Morgan fingerprint density at radius 1 is 1.46 bits per heavy atom. The molecule has 0 atom stereocenters. The number of carbonyl (C=O) groups excluding carboxylic acids is 1. The van der Waals surface area contributed by atoms with E-state index >= 15 is 0 Å². The molecule has 0 heterocycles. The van der Waals surface area contributed by atoms with Crippen LogP contribution in [-0.2, 0) is 4.74 Å². The van der Waals surface area contributed by atoms with E-state index in [0.717, 1.165) is 25.7 Å². The van der Waals surface area contributed by atoms with E-state index in [1.165, 1.54) is 6.42 Å². The fraction of sp³-hybridized carbons (Fsp3) is 0.700. The van der Waals surface area contributed by atoms with Crippen LogP contribution in [0.15, 0.2) is 12.7 Å². The summed E-state index contributed by atoms with van der Waals surface area (Å²) in [6, 6.07) is 0. The largest absolute Gasteiger partial charge is 0.439 e. The van der Waals surface area contributed by atoms with Gasteiger partial charge in [-0.2, -0.15) is 0 Å². The summed E-state index contributed by atoms with van der Waals surface area (Å²) >= 11 is 0. The minimum absolute atomic E-state index is 0.359. The van der Waals surface area contributed by atoms with Crippen molar-refractivity contribution in [2.45, 2.75) is 37.7 Å². The molecule has 1 fully saturated rings. The highest BCUT2D eigenvalue weighted by Crippen LogP contribution is 2.32. The van der Waals surface area contributed by atoms with E-state index < -0.39 is 5.60 Å². The molecule has 1 aliphatic rings. The molecule has 3 nitrogen and oxygen atoms in total. The SMILES string of the molecule is C=CC1(OC(=O)NC)CCCCC1. The van der Waals surface area contributed by atoms with Crippen LogP contribution < -0.4 is 5.32 Å². The van der Waals surface area contributed by atoms with Crippen LogP contribution in [0.25, 0.3) is 0 Å². The maximum absolute atomic E-state index is 11.1. The summed E-state index contributed by atoms with van der Waals surface area (Å²) in [4.78, 5) is 11.1. The summed E-state index contributed by atoms with van der Waals surface area (Å²) < 4.78 is 5.31. The third-order valence-corrected chi connectivity index (χ3v) is 2.57. The van der Waals surface area contributed by atoms with Crippen LogP contribution in [0.4, 0.5) is 4.79 Å². The van der Waals surface area contributed by atoms with Crippen LogP contribution in [0.1, 0.15) is 32.1 Å². The fourth-order valence-electron chi connectivity index (χ4n) is 1.73. The molecule has 3 heteroatoms. The number of hydrogen-bond acceptors (Lipinski definition) is 2. The van der Waals surface area contributed by atoms with E-state index in [1.807, 2.05) is 0 Å². The summed E-state index contributed by atoms with van der Waals surface area (Å²) in [7, 11) is 1.57. The minimum Gasteiger partial charge on any atom is -0.439 e. The van der Waals surface area contributed by atoms with Gasteiger partial charge in [0.2, 0.25) is 0 Å². The first-order valence-corrected chi connectivity index (χ1v) is 4.77. The summed E-state index contributed by atoms with van der Waals surface area (Å²) in [5.74, 6) is 0. The lowest BCUT2D eigenvalue weighted by Gasteiger charge is -2.33. The first-order valence-electron chi connectivity index (χ1n) is 4.77. The zero-order valence-electron chi connectivity index (χ0n) is 8.14. The molecule has 0 unspecified atom stereocenters. The van der Waals surface area contributed by atoms with Crippen LogP contribution in [-0.4, -0.2) is 18.7 Å². The molecule has 0 aliphatic heterocycles. The maximum Gasteiger partial charge on any atom is 0.407 e. The average Bonchev–Trinajstić information content (AvgIpc) is 2.19. The number of amides is 1. The van der Waals surface area contributed by atoms with Gasteiger partial charge in [0, 0.05) is 7.05 Å². The van der Waals surface area contributed by atoms with E-state index in [-0.39, 0.29) is 6.09 Å². The van der Waals surface area contributed by atoms with Gasteiger partial charge in [0.15, 0.2) is 0 Å². The number of carbonyl (C=O) groups is 1. The minimum atomic E-state index is -0.404. The van der Waals surface area contributed by atoms with Gasteiger partial charge in [-0.25, -0.2) is 4.79 Å². The van der Waals surface area contributed by atoms with Gasteiger partial charge in [-0.3, -0.25) is 0 Å². The molecular formula is C10H17NO2. The lowest BCUT2D eigenvalue weighted by atomic mass is 9.85. The summed E-state index contributed by atoms with van der Waals surface area (Å²) in [5, 5.41) is 2.46. The quantitative estimate of drug-likeness (QED) is 0.667. The van der Waals surface area contributed by atoms with Crippen molar-refractivity contribution in [2.75, 3.05) is 7.05 Å². The van der Waals surface area contributed by atoms with Crippen LogP contribution in [0.2, 0.25) is 0 Å². The van der Waals surface area contributed by atoms with Gasteiger partial charge in [-0.1, -0.05) is 13.0 Å². The van der Waals surface area contributed by atoms with Gasteiger partial charge in [0.05, 0.1) is 0 Å². The van der Waals surface area contributed by atoms with E-state index in [0.29, 0.717) is 0 Å². The molecule has 1 saturated carbocycles. The second kappa shape index (κ2) is 4.30. The summed E-state index contributed by atoms with van der Waals surface area (Å²) in [6.45, 7) is 3.74. The van der Waals surface area contributed by atoms with E-state index in [2.05, 4.69) is 11.9 Å². The van der Waals surface area contributed by atoms with E-state index in [1.54, 1.807) is 13.1 Å². The van der Waals surface area contributed by atoms with Gasteiger partial charge in [0.25, 0.3) is 0 Å². The van der Waals surface area contributed by atoms with Crippen molar-refractivity contribution >= 4 is 6.09 Å².